The van der Waals surface area contributed by atoms with E-state index in [1.165, 1.54) is 4.31 Å². The van der Waals surface area contributed by atoms with Crippen LogP contribution in [0.25, 0.3) is 0 Å². The molecule has 1 heterocycles. The highest BCUT2D eigenvalue weighted by Gasteiger charge is 2.32. The van der Waals surface area contributed by atoms with Gasteiger partial charge in [-0.15, -0.1) is 0 Å². The summed E-state index contributed by atoms with van der Waals surface area (Å²) < 4.78 is 26.1. The summed E-state index contributed by atoms with van der Waals surface area (Å²) in [6, 6.07) is 5.40. The van der Waals surface area contributed by atoms with Gasteiger partial charge >= 0.3 is 0 Å². The monoisotopic (exact) mass is 255 g/mol. The van der Waals surface area contributed by atoms with Gasteiger partial charge in [0.25, 0.3) is 0 Å². The van der Waals surface area contributed by atoms with E-state index in [0.717, 1.165) is 11.1 Å². The summed E-state index contributed by atoms with van der Waals surface area (Å²) in [6.07, 6.45) is -0.0146. The van der Waals surface area contributed by atoms with Gasteiger partial charge in [-0.25, -0.2) is 8.42 Å². The van der Waals surface area contributed by atoms with Crippen molar-refractivity contribution >= 4 is 10.0 Å². The van der Waals surface area contributed by atoms with Gasteiger partial charge in [0.15, 0.2) is 0 Å². The maximum Gasteiger partial charge on any atom is 0.243 e. The molecule has 1 aromatic carbocycles. The van der Waals surface area contributed by atoms with Gasteiger partial charge in [-0.1, -0.05) is 12.1 Å². The Labute approximate surface area is 102 Å². The zero-order chi connectivity index (χ0) is 12.6. The van der Waals surface area contributed by atoms with Crippen molar-refractivity contribution in [3.8, 4) is 0 Å². The lowest BCUT2D eigenvalue weighted by Gasteiger charge is -2.17. The van der Waals surface area contributed by atoms with Crippen molar-refractivity contribution in [3.05, 3.63) is 29.3 Å². The summed E-state index contributed by atoms with van der Waals surface area (Å²) in [7, 11) is -3.45. The molecule has 17 heavy (non-hydrogen) atoms. The maximum absolute atomic E-state index is 12.4. The van der Waals surface area contributed by atoms with Crippen LogP contribution in [-0.4, -0.2) is 37.0 Å². The van der Waals surface area contributed by atoms with Crippen LogP contribution < -0.4 is 0 Å². The van der Waals surface area contributed by atoms with Gasteiger partial charge in [0.2, 0.25) is 10.0 Å². The van der Waals surface area contributed by atoms with Crippen molar-refractivity contribution < 1.29 is 13.5 Å². The highest BCUT2D eigenvalue weighted by atomic mass is 32.2. The number of aliphatic hydroxyl groups excluding tert-OH is 1. The number of rotatable bonds is 2. The predicted molar refractivity (Wildman–Crippen MR) is 65.3 cm³/mol. The Kier molecular flexibility index (Phi) is 3.25. The number of aliphatic hydroxyl groups is 1. The molecule has 1 atom stereocenters. The molecule has 0 saturated carbocycles. The lowest BCUT2D eigenvalue weighted by Crippen LogP contribution is -2.30. The molecule has 0 radical (unpaired) electrons. The first kappa shape index (κ1) is 12.5. The van der Waals surface area contributed by atoms with Gasteiger partial charge in [0.05, 0.1) is 11.0 Å². The molecule has 4 nitrogen and oxygen atoms in total. The number of sulfonamides is 1. The quantitative estimate of drug-likeness (QED) is 0.859. The molecule has 2 rings (SSSR count). The molecule has 0 bridgehead atoms. The van der Waals surface area contributed by atoms with Crippen LogP contribution in [-0.2, 0) is 10.0 Å². The summed E-state index contributed by atoms with van der Waals surface area (Å²) in [5.74, 6) is 0. The van der Waals surface area contributed by atoms with Crippen LogP contribution in [0.15, 0.2) is 23.1 Å². The molecule has 94 valence electrons. The molecule has 0 spiro atoms. The van der Waals surface area contributed by atoms with E-state index in [1.807, 2.05) is 19.1 Å². The lowest BCUT2D eigenvalue weighted by molar-refractivity contribution is 0.189. The second-order valence-electron chi connectivity index (χ2n) is 4.57. The molecule has 0 aromatic heterocycles. The molecule has 1 N–H and O–H groups in total. The minimum absolute atomic E-state index is 0.204. The number of aryl methyl sites for hydroxylation is 2. The molecule has 1 aliphatic rings. The third-order valence-corrected chi connectivity index (χ3v) is 5.09. The van der Waals surface area contributed by atoms with Gasteiger partial charge in [-0.05, 0) is 37.5 Å². The minimum Gasteiger partial charge on any atom is -0.392 e. The van der Waals surface area contributed by atoms with Crippen molar-refractivity contribution in [3.63, 3.8) is 0 Å². The zero-order valence-corrected chi connectivity index (χ0v) is 10.9. The normalized spacial score (nSPS) is 21.9. The summed E-state index contributed by atoms with van der Waals surface area (Å²) in [5, 5.41) is 9.43. The summed E-state index contributed by atoms with van der Waals surface area (Å²) in [4.78, 5) is 0.353. The second-order valence-corrected chi connectivity index (χ2v) is 6.48. The topological polar surface area (TPSA) is 57.6 Å². The molecule has 1 aliphatic heterocycles. The fourth-order valence-corrected chi connectivity index (χ4v) is 3.86. The molecule has 1 fully saturated rings. The van der Waals surface area contributed by atoms with E-state index in [0.29, 0.717) is 17.9 Å². The van der Waals surface area contributed by atoms with Crippen molar-refractivity contribution in [2.45, 2.75) is 31.3 Å². The number of hydrogen-bond acceptors (Lipinski definition) is 3. The van der Waals surface area contributed by atoms with E-state index in [9.17, 15) is 13.5 Å². The zero-order valence-electron chi connectivity index (χ0n) is 10.0. The Morgan fingerprint density at radius 1 is 1.35 bits per heavy atom. The standard InChI is InChI=1S/C12H17NO3S/c1-9-3-4-10(2)12(7-9)17(15,16)13-6-5-11(14)8-13/h3-4,7,11,14H,5-6,8H2,1-2H3. The largest absolute Gasteiger partial charge is 0.392 e. The summed E-state index contributed by atoms with van der Waals surface area (Å²) in [6.45, 7) is 4.27. The van der Waals surface area contributed by atoms with Gasteiger partial charge in [0, 0.05) is 13.1 Å². The van der Waals surface area contributed by atoms with Gasteiger partial charge in [0.1, 0.15) is 0 Å². The molecule has 1 saturated heterocycles. The summed E-state index contributed by atoms with van der Waals surface area (Å²) in [5.41, 5.74) is 1.67. The number of benzene rings is 1. The van der Waals surface area contributed by atoms with Crippen LogP contribution in [0.4, 0.5) is 0 Å². The summed E-state index contributed by atoms with van der Waals surface area (Å²) >= 11 is 0. The van der Waals surface area contributed by atoms with Crippen LogP contribution in [0.3, 0.4) is 0 Å². The first-order chi connectivity index (χ1) is 7.91. The van der Waals surface area contributed by atoms with E-state index in [2.05, 4.69) is 0 Å². The molecule has 1 unspecified atom stereocenters. The smallest absolute Gasteiger partial charge is 0.243 e. The van der Waals surface area contributed by atoms with Crippen LogP contribution in [0.2, 0.25) is 0 Å². The van der Waals surface area contributed by atoms with Crippen LogP contribution in [0, 0.1) is 13.8 Å². The van der Waals surface area contributed by atoms with Gasteiger partial charge in [-0.3, -0.25) is 0 Å². The highest BCUT2D eigenvalue weighted by Crippen LogP contribution is 2.24. The third-order valence-electron chi connectivity index (χ3n) is 3.09. The minimum atomic E-state index is -3.45. The second kappa shape index (κ2) is 4.40. The molecule has 0 aliphatic carbocycles. The van der Waals surface area contributed by atoms with Gasteiger partial charge in [-0.2, -0.15) is 4.31 Å². The van der Waals surface area contributed by atoms with E-state index in [4.69, 9.17) is 0 Å². The van der Waals surface area contributed by atoms with Gasteiger partial charge < -0.3 is 5.11 Å². The molecule has 5 heteroatoms. The van der Waals surface area contributed by atoms with Crippen LogP contribution in [0.5, 0.6) is 0 Å². The van der Waals surface area contributed by atoms with Crippen molar-refractivity contribution in [1.82, 2.24) is 4.31 Å². The van der Waals surface area contributed by atoms with Crippen molar-refractivity contribution in [2.75, 3.05) is 13.1 Å². The Hall–Kier alpha value is -0.910. The molecular formula is C12H17NO3S. The first-order valence-corrected chi connectivity index (χ1v) is 7.11. The maximum atomic E-state index is 12.4. The fourth-order valence-electron chi connectivity index (χ4n) is 2.05. The predicted octanol–water partition coefficient (Wildman–Crippen LogP) is 1.06. The molecular weight excluding hydrogens is 238 g/mol. The van der Waals surface area contributed by atoms with E-state index in [1.54, 1.807) is 13.0 Å². The highest BCUT2D eigenvalue weighted by molar-refractivity contribution is 7.89. The van der Waals surface area contributed by atoms with Crippen LogP contribution in [0.1, 0.15) is 17.5 Å². The number of β-amino-alcohol motifs (C(OH)–C–C–N with tert-alkyl or cyclic N) is 1. The Morgan fingerprint density at radius 3 is 2.65 bits per heavy atom. The van der Waals surface area contributed by atoms with E-state index >= 15 is 0 Å². The Morgan fingerprint density at radius 2 is 2.06 bits per heavy atom. The van der Waals surface area contributed by atoms with Crippen LogP contribution >= 0.6 is 0 Å². The molecule has 1 aromatic rings. The fraction of sp³-hybridized carbons (Fsp3) is 0.500. The SMILES string of the molecule is Cc1ccc(C)c(S(=O)(=O)N2CCC(O)C2)c1. The van der Waals surface area contributed by atoms with Crippen molar-refractivity contribution in [2.24, 2.45) is 0 Å². The number of hydrogen-bond donors (Lipinski definition) is 1. The molecule has 0 amide bonds. The lowest BCUT2D eigenvalue weighted by atomic mass is 10.2. The van der Waals surface area contributed by atoms with Crippen molar-refractivity contribution in [1.29, 1.82) is 0 Å². The average Bonchev–Trinajstić information content (AvgIpc) is 2.69. The third kappa shape index (κ3) is 2.36. The Bertz CT molecular complexity index is 525. The van der Waals surface area contributed by atoms with E-state index < -0.39 is 16.1 Å². The number of nitrogens with zero attached hydrogens (tertiary/aromatic N) is 1. The Balaban J connectivity index is 2.41. The average molecular weight is 255 g/mol. The van der Waals surface area contributed by atoms with E-state index in [-0.39, 0.29) is 6.54 Å². The first-order valence-electron chi connectivity index (χ1n) is 5.67.